The number of aliphatic carboxylic acids is 1. The fraction of sp³-hybridized carbons (Fsp3) is 0.586. The largest absolute Gasteiger partial charge is 0.480 e. The van der Waals surface area contributed by atoms with Gasteiger partial charge in [-0.2, -0.15) is 0 Å². The number of halogens is 2. The number of hydrogen-bond donors (Lipinski definition) is 3. The number of pyridine rings is 2. The predicted octanol–water partition coefficient (Wildman–Crippen LogP) is 3.95. The minimum atomic E-state index is -1.06. The van der Waals surface area contributed by atoms with Gasteiger partial charge < -0.3 is 25.4 Å². The van der Waals surface area contributed by atoms with E-state index in [1.807, 2.05) is 4.90 Å². The first kappa shape index (κ1) is 33.0. The van der Waals surface area contributed by atoms with Crippen molar-refractivity contribution in [1.82, 2.24) is 20.2 Å². The van der Waals surface area contributed by atoms with Crippen molar-refractivity contribution < 1.29 is 28.2 Å². The van der Waals surface area contributed by atoms with E-state index >= 15 is 0 Å². The molecule has 2 aromatic rings. The number of carbonyl (C=O) groups is 2. The van der Waals surface area contributed by atoms with Crippen molar-refractivity contribution in [3.63, 3.8) is 0 Å². The smallest absolute Gasteiger partial charge is 0.326 e. The van der Waals surface area contributed by atoms with Crippen LogP contribution in [0.5, 0.6) is 0 Å². The normalized spacial score (nSPS) is 13.8. The standard InChI is InChI=1S/C23H37FN4O4.C6H6FN/c1-3-21(29)27-20(23(30)31)11-14-28(16-19(15-24)32-2)13-5-4-8-18-10-9-17-7-6-12-25-22(17)26-18;1-5-6(7)3-2-4-8-5/h9-10,19-20H,3-8,11-16H2,1-2H3,(H,25,26)(H,27,29)(H,30,31);2-4H,1H3. The molecule has 0 saturated carbocycles. The SMILES string of the molecule is CCC(=O)NC(CCN(CCCCc1ccc2c(n1)NCCC2)CC(CF)OC)C(=O)O.Cc1ncccc1F. The Bertz CT molecular complexity index is 1030. The van der Waals surface area contributed by atoms with Crippen LogP contribution in [0.3, 0.4) is 0 Å². The van der Waals surface area contributed by atoms with Crippen molar-refractivity contribution in [2.45, 2.75) is 70.9 Å². The molecule has 0 spiro atoms. The molecule has 0 radical (unpaired) electrons. The third-order valence-corrected chi connectivity index (χ3v) is 6.71. The van der Waals surface area contributed by atoms with Crippen LogP contribution in [0.1, 0.15) is 56.0 Å². The highest BCUT2D eigenvalue weighted by molar-refractivity contribution is 5.83. The third-order valence-electron chi connectivity index (χ3n) is 6.71. The zero-order valence-corrected chi connectivity index (χ0v) is 23.8. The molecule has 0 fully saturated rings. The Labute approximate surface area is 235 Å². The molecule has 0 aromatic carbocycles. The monoisotopic (exact) mass is 563 g/mol. The lowest BCUT2D eigenvalue weighted by atomic mass is 10.1. The van der Waals surface area contributed by atoms with Gasteiger partial charge in [0.05, 0.1) is 11.8 Å². The second-order valence-electron chi connectivity index (χ2n) is 9.78. The van der Waals surface area contributed by atoms with Crippen molar-refractivity contribution in [1.29, 1.82) is 0 Å². The van der Waals surface area contributed by atoms with E-state index in [-0.39, 0.29) is 24.6 Å². The summed E-state index contributed by atoms with van der Waals surface area (Å²) in [6, 6.07) is 6.24. The number of carbonyl (C=O) groups excluding carboxylic acids is 1. The Kier molecular flexibility index (Phi) is 15.0. The van der Waals surface area contributed by atoms with E-state index < -0.39 is 24.8 Å². The molecule has 0 bridgehead atoms. The molecular formula is C29H43F2N5O4. The van der Waals surface area contributed by atoms with Gasteiger partial charge in [-0.1, -0.05) is 13.0 Å². The topological polar surface area (TPSA) is 117 Å². The van der Waals surface area contributed by atoms with E-state index in [0.29, 0.717) is 25.3 Å². The Morgan fingerprint density at radius 2 is 2.05 bits per heavy atom. The van der Waals surface area contributed by atoms with Crippen molar-refractivity contribution in [3.8, 4) is 0 Å². The van der Waals surface area contributed by atoms with Crippen LogP contribution in [0.2, 0.25) is 0 Å². The fourth-order valence-electron chi connectivity index (χ4n) is 4.25. The molecule has 40 heavy (non-hydrogen) atoms. The van der Waals surface area contributed by atoms with Gasteiger partial charge in [-0.05, 0) is 75.8 Å². The summed E-state index contributed by atoms with van der Waals surface area (Å²) in [7, 11) is 1.47. The molecule has 3 rings (SSSR count). The highest BCUT2D eigenvalue weighted by Gasteiger charge is 2.22. The molecule has 1 amide bonds. The number of nitrogens with zero attached hydrogens (tertiary/aromatic N) is 3. The molecule has 3 N–H and O–H groups in total. The first-order valence-corrected chi connectivity index (χ1v) is 13.9. The van der Waals surface area contributed by atoms with Gasteiger partial charge in [-0.25, -0.2) is 18.6 Å². The lowest BCUT2D eigenvalue weighted by Gasteiger charge is -2.27. The summed E-state index contributed by atoms with van der Waals surface area (Å²) in [6.07, 6.45) is 6.33. The summed E-state index contributed by atoms with van der Waals surface area (Å²) >= 11 is 0. The molecule has 0 saturated heterocycles. The van der Waals surface area contributed by atoms with Gasteiger partial charge in [0.2, 0.25) is 5.91 Å². The Morgan fingerprint density at radius 1 is 1.25 bits per heavy atom. The van der Waals surface area contributed by atoms with E-state index in [1.165, 1.54) is 18.7 Å². The number of fused-ring (bicyclic) bond motifs is 1. The number of aromatic nitrogens is 2. The summed E-state index contributed by atoms with van der Waals surface area (Å²) in [4.78, 5) is 33.5. The Morgan fingerprint density at radius 3 is 2.67 bits per heavy atom. The van der Waals surface area contributed by atoms with Crippen LogP contribution in [-0.2, 0) is 27.2 Å². The van der Waals surface area contributed by atoms with Gasteiger partial charge in [0.25, 0.3) is 0 Å². The van der Waals surface area contributed by atoms with Crippen molar-refractivity contribution in [2.24, 2.45) is 0 Å². The summed E-state index contributed by atoms with van der Waals surface area (Å²) in [5, 5.41) is 15.3. The summed E-state index contributed by atoms with van der Waals surface area (Å²) < 4.78 is 30.6. The van der Waals surface area contributed by atoms with Gasteiger partial charge in [-0.3, -0.25) is 9.78 Å². The van der Waals surface area contributed by atoms with Crippen LogP contribution >= 0.6 is 0 Å². The molecule has 222 valence electrons. The number of amides is 1. The second-order valence-corrected chi connectivity index (χ2v) is 9.78. The number of nitrogens with one attached hydrogen (secondary N) is 2. The molecule has 3 heterocycles. The van der Waals surface area contributed by atoms with Crippen molar-refractivity contribution in [3.05, 3.63) is 53.2 Å². The van der Waals surface area contributed by atoms with Gasteiger partial charge in [0.1, 0.15) is 24.4 Å². The number of alkyl halides is 1. The highest BCUT2D eigenvalue weighted by Crippen LogP contribution is 2.20. The van der Waals surface area contributed by atoms with Crippen LogP contribution in [0.4, 0.5) is 14.6 Å². The number of carboxylic acid groups (broad SMARTS) is 1. The van der Waals surface area contributed by atoms with Gasteiger partial charge >= 0.3 is 5.97 Å². The van der Waals surface area contributed by atoms with Crippen LogP contribution in [0.25, 0.3) is 0 Å². The number of anilines is 1. The van der Waals surface area contributed by atoms with Crippen LogP contribution in [-0.4, -0.2) is 84.0 Å². The number of unbranched alkanes of at least 4 members (excludes halogenated alkanes) is 1. The second kappa shape index (κ2) is 18.2. The molecule has 2 aromatic heterocycles. The Balaban J connectivity index is 0.000000598. The first-order chi connectivity index (χ1) is 19.3. The zero-order valence-electron chi connectivity index (χ0n) is 23.8. The average molecular weight is 564 g/mol. The maximum absolute atomic E-state index is 13.2. The number of aryl methyl sites for hydroxylation is 3. The number of ether oxygens (including phenoxy) is 1. The summed E-state index contributed by atoms with van der Waals surface area (Å²) in [6.45, 7) is 5.17. The number of methoxy groups -OCH3 is 1. The maximum atomic E-state index is 13.2. The molecular weight excluding hydrogens is 520 g/mol. The van der Waals surface area contributed by atoms with E-state index in [9.17, 15) is 23.5 Å². The van der Waals surface area contributed by atoms with Crippen molar-refractivity contribution in [2.75, 3.05) is 45.3 Å². The molecule has 0 aliphatic carbocycles. The lowest BCUT2D eigenvalue weighted by molar-refractivity contribution is -0.142. The van der Waals surface area contributed by atoms with E-state index in [4.69, 9.17) is 9.72 Å². The van der Waals surface area contributed by atoms with Crippen LogP contribution < -0.4 is 10.6 Å². The Hall–Kier alpha value is -3.18. The molecule has 2 atom stereocenters. The summed E-state index contributed by atoms with van der Waals surface area (Å²) in [5.41, 5.74) is 2.77. The molecule has 1 aliphatic rings. The van der Waals surface area contributed by atoms with E-state index in [0.717, 1.165) is 50.2 Å². The maximum Gasteiger partial charge on any atom is 0.326 e. The predicted molar refractivity (Wildman–Crippen MR) is 151 cm³/mol. The van der Waals surface area contributed by atoms with Gasteiger partial charge in [0.15, 0.2) is 0 Å². The number of rotatable bonds is 15. The fourth-order valence-corrected chi connectivity index (χ4v) is 4.25. The average Bonchev–Trinajstić information content (AvgIpc) is 2.97. The molecule has 11 heteroatoms. The third kappa shape index (κ3) is 11.9. The van der Waals surface area contributed by atoms with Crippen molar-refractivity contribution >= 4 is 17.7 Å². The number of hydrogen-bond acceptors (Lipinski definition) is 7. The highest BCUT2D eigenvalue weighted by atomic mass is 19.1. The number of carboxylic acids is 1. The lowest BCUT2D eigenvalue weighted by Crippen LogP contribution is -2.44. The molecule has 1 aliphatic heterocycles. The zero-order chi connectivity index (χ0) is 29.3. The summed E-state index contributed by atoms with van der Waals surface area (Å²) in [5.74, 6) is -0.607. The molecule has 9 nitrogen and oxygen atoms in total. The van der Waals surface area contributed by atoms with Crippen LogP contribution in [0.15, 0.2) is 30.5 Å². The van der Waals surface area contributed by atoms with E-state index in [1.54, 1.807) is 26.1 Å². The first-order valence-electron chi connectivity index (χ1n) is 13.9. The van der Waals surface area contributed by atoms with Gasteiger partial charge in [-0.15, -0.1) is 0 Å². The van der Waals surface area contributed by atoms with Gasteiger partial charge in [0, 0.05) is 45.1 Å². The van der Waals surface area contributed by atoms with Crippen LogP contribution in [0, 0.1) is 12.7 Å². The quantitative estimate of drug-likeness (QED) is 0.279. The minimum absolute atomic E-state index is 0.230. The minimum Gasteiger partial charge on any atom is -0.480 e. The molecule has 2 unspecified atom stereocenters. The van der Waals surface area contributed by atoms with E-state index in [2.05, 4.69) is 27.8 Å².